The molecule has 0 saturated carbocycles. The average molecular weight is 327 g/mol. The number of rotatable bonds is 4. The van der Waals surface area contributed by atoms with E-state index in [1.165, 1.54) is 0 Å². The van der Waals surface area contributed by atoms with Gasteiger partial charge in [0.2, 0.25) is 11.8 Å². The zero-order valence-corrected chi connectivity index (χ0v) is 11.4. The molecular weight excluding hydrogens is 311 g/mol. The molecule has 7 heteroatoms. The first kappa shape index (κ1) is 17.8. The molecule has 5 nitrogen and oxygen atoms in total. The van der Waals surface area contributed by atoms with Crippen molar-refractivity contribution in [3.63, 3.8) is 0 Å². The standard InChI is InChI=1S/C11H15BrN2O3.Na.H/c1-4-6(2)11(5-7(3)12)8(15)13-10(17)14-9(11)16;;/h6H,3-5H2,1-2H3,(H2,13,14,15,16,17);;. The first-order chi connectivity index (χ1) is 7.84. The predicted molar refractivity (Wildman–Crippen MR) is 73.4 cm³/mol. The molecule has 1 rings (SSSR count). The second-order valence-electron chi connectivity index (χ2n) is 4.21. The number of amides is 4. The van der Waals surface area contributed by atoms with E-state index in [1.54, 1.807) is 0 Å². The summed E-state index contributed by atoms with van der Waals surface area (Å²) in [7, 11) is 0. The van der Waals surface area contributed by atoms with Crippen LogP contribution in [0, 0.1) is 11.3 Å². The summed E-state index contributed by atoms with van der Waals surface area (Å²) in [6.07, 6.45) is 0.822. The summed E-state index contributed by atoms with van der Waals surface area (Å²) in [5, 5.41) is 4.30. The molecule has 96 valence electrons. The normalized spacial score (nSPS) is 19.4. The maximum atomic E-state index is 12.0. The van der Waals surface area contributed by atoms with Crippen LogP contribution in [-0.2, 0) is 9.59 Å². The molecule has 1 saturated heterocycles. The SMILES string of the molecule is C=C(Br)CC1(C(C)CC)C(=O)NC(=O)NC1=O.[NaH]. The molecule has 1 aliphatic rings. The molecule has 18 heavy (non-hydrogen) atoms. The second-order valence-corrected chi connectivity index (χ2v) is 5.33. The summed E-state index contributed by atoms with van der Waals surface area (Å²) in [6.45, 7) is 7.37. The number of urea groups is 1. The van der Waals surface area contributed by atoms with Gasteiger partial charge in [-0.3, -0.25) is 20.2 Å². The van der Waals surface area contributed by atoms with Crippen molar-refractivity contribution in [1.29, 1.82) is 0 Å². The van der Waals surface area contributed by atoms with Crippen LogP contribution >= 0.6 is 15.9 Å². The van der Waals surface area contributed by atoms with Gasteiger partial charge in [0, 0.05) is 6.42 Å². The fourth-order valence-electron chi connectivity index (χ4n) is 2.00. The summed E-state index contributed by atoms with van der Waals surface area (Å²) >= 11 is 3.17. The van der Waals surface area contributed by atoms with Gasteiger partial charge in [-0.15, -0.1) is 0 Å². The fourth-order valence-corrected chi connectivity index (χ4v) is 2.44. The van der Waals surface area contributed by atoms with Crippen LogP contribution in [0.15, 0.2) is 11.1 Å². The van der Waals surface area contributed by atoms with Crippen LogP contribution in [0.1, 0.15) is 26.7 Å². The summed E-state index contributed by atoms with van der Waals surface area (Å²) in [5.74, 6) is -1.30. The first-order valence-electron chi connectivity index (χ1n) is 5.34. The fraction of sp³-hybridized carbons (Fsp3) is 0.545. The van der Waals surface area contributed by atoms with Crippen LogP contribution in [0.5, 0.6) is 0 Å². The van der Waals surface area contributed by atoms with Crippen LogP contribution in [0.25, 0.3) is 0 Å². The number of allylic oxidation sites excluding steroid dienone is 1. The molecule has 1 atom stereocenters. The van der Waals surface area contributed by atoms with E-state index >= 15 is 0 Å². The Morgan fingerprint density at radius 1 is 1.33 bits per heavy atom. The Hall–Kier alpha value is -0.170. The quantitative estimate of drug-likeness (QED) is 0.598. The molecule has 2 N–H and O–H groups in total. The number of nitrogens with one attached hydrogen (secondary N) is 2. The summed E-state index contributed by atoms with van der Waals surface area (Å²) < 4.78 is 0.553. The molecule has 1 unspecified atom stereocenters. The molecule has 1 aliphatic heterocycles. The van der Waals surface area contributed by atoms with Gasteiger partial charge >= 0.3 is 35.6 Å². The monoisotopic (exact) mass is 326 g/mol. The molecule has 0 aromatic rings. The molecule has 0 aliphatic carbocycles. The average Bonchev–Trinajstić information content (AvgIpc) is 2.22. The third-order valence-electron chi connectivity index (χ3n) is 3.19. The van der Waals surface area contributed by atoms with E-state index in [2.05, 4.69) is 33.1 Å². The van der Waals surface area contributed by atoms with Gasteiger partial charge in [0.15, 0.2) is 0 Å². The van der Waals surface area contributed by atoms with Crippen molar-refractivity contribution in [2.75, 3.05) is 0 Å². The zero-order chi connectivity index (χ0) is 13.2. The predicted octanol–water partition coefficient (Wildman–Crippen LogP) is 1.04. The van der Waals surface area contributed by atoms with E-state index in [4.69, 9.17) is 0 Å². The van der Waals surface area contributed by atoms with E-state index in [0.29, 0.717) is 10.9 Å². The van der Waals surface area contributed by atoms with Gasteiger partial charge in [-0.25, -0.2) is 4.79 Å². The van der Waals surface area contributed by atoms with E-state index in [1.807, 2.05) is 13.8 Å². The number of imide groups is 2. The molecule has 0 bridgehead atoms. The summed E-state index contributed by atoms with van der Waals surface area (Å²) in [6, 6.07) is -0.765. The van der Waals surface area contributed by atoms with Gasteiger partial charge in [0.25, 0.3) is 0 Å². The first-order valence-corrected chi connectivity index (χ1v) is 6.14. The number of carbonyl (C=O) groups excluding carboxylic acids is 3. The van der Waals surface area contributed by atoms with Gasteiger partial charge < -0.3 is 0 Å². The Morgan fingerprint density at radius 2 is 1.78 bits per heavy atom. The zero-order valence-electron chi connectivity index (χ0n) is 9.80. The van der Waals surface area contributed by atoms with E-state index in [-0.39, 0.29) is 41.9 Å². The van der Waals surface area contributed by atoms with Crippen molar-refractivity contribution in [2.45, 2.75) is 26.7 Å². The number of hydrogen-bond donors (Lipinski definition) is 2. The summed E-state index contributed by atoms with van der Waals surface area (Å²) in [5.41, 5.74) is -1.26. The minimum absolute atomic E-state index is 0. The van der Waals surface area contributed by atoms with Crippen LogP contribution in [0.3, 0.4) is 0 Å². The summed E-state index contributed by atoms with van der Waals surface area (Å²) in [4.78, 5) is 35.1. The maximum absolute atomic E-state index is 12.0. The van der Waals surface area contributed by atoms with Gasteiger partial charge in [0.1, 0.15) is 5.41 Å². The van der Waals surface area contributed by atoms with E-state index in [0.717, 1.165) is 0 Å². The van der Waals surface area contributed by atoms with Crippen molar-refractivity contribution in [2.24, 2.45) is 11.3 Å². The molecular formula is C11H16BrN2NaO3. The Morgan fingerprint density at radius 3 is 2.11 bits per heavy atom. The van der Waals surface area contributed by atoms with Crippen molar-refractivity contribution in [3.8, 4) is 0 Å². The van der Waals surface area contributed by atoms with Crippen molar-refractivity contribution >= 4 is 63.3 Å². The number of barbiturate groups is 1. The molecule has 0 spiro atoms. The number of hydrogen-bond acceptors (Lipinski definition) is 3. The van der Waals surface area contributed by atoms with Gasteiger partial charge in [-0.05, 0) is 10.4 Å². The molecule has 0 aromatic heterocycles. The van der Waals surface area contributed by atoms with Crippen molar-refractivity contribution < 1.29 is 14.4 Å². The van der Waals surface area contributed by atoms with Crippen LogP contribution < -0.4 is 10.6 Å². The van der Waals surface area contributed by atoms with E-state index in [9.17, 15) is 14.4 Å². The number of carbonyl (C=O) groups is 3. The minimum atomic E-state index is -1.26. The molecule has 4 amide bonds. The van der Waals surface area contributed by atoms with Gasteiger partial charge in [-0.2, -0.15) is 0 Å². The van der Waals surface area contributed by atoms with Gasteiger partial charge in [-0.1, -0.05) is 42.8 Å². The molecule has 1 heterocycles. The van der Waals surface area contributed by atoms with Crippen molar-refractivity contribution in [1.82, 2.24) is 10.6 Å². The second kappa shape index (κ2) is 6.84. The molecule has 0 aromatic carbocycles. The third-order valence-corrected chi connectivity index (χ3v) is 3.47. The Labute approximate surface area is 137 Å². The Balaban J connectivity index is 0.00000289. The number of halogens is 1. The Kier molecular flexibility index (Phi) is 6.78. The molecule has 1 fully saturated rings. The van der Waals surface area contributed by atoms with E-state index < -0.39 is 23.3 Å². The third kappa shape index (κ3) is 3.23. The molecule has 0 radical (unpaired) electrons. The Bertz CT molecular complexity index is 378. The van der Waals surface area contributed by atoms with Crippen LogP contribution in [0.4, 0.5) is 4.79 Å². The topological polar surface area (TPSA) is 75.3 Å². The van der Waals surface area contributed by atoms with Crippen molar-refractivity contribution in [3.05, 3.63) is 11.1 Å². The van der Waals surface area contributed by atoms with Crippen LogP contribution in [0.2, 0.25) is 0 Å². The van der Waals surface area contributed by atoms with Gasteiger partial charge in [0.05, 0.1) is 0 Å². The van der Waals surface area contributed by atoms with Crippen LogP contribution in [-0.4, -0.2) is 47.4 Å².